The van der Waals surface area contributed by atoms with E-state index >= 15 is 0 Å². The van der Waals surface area contributed by atoms with E-state index in [9.17, 15) is 8.78 Å². The Morgan fingerprint density at radius 1 is 1.67 bits per heavy atom. The summed E-state index contributed by atoms with van der Waals surface area (Å²) < 4.78 is 26.7. The Morgan fingerprint density at radius 2 is 2.47 bits per heavy atom. The van der Waals surface area contributed by atoms with Gasteiger partial charge >= 0.3 is 0 Å². The van der Waals surface area contributed by atoms with Crippen molar-refractivity contribution in [1.29, 1.82) is 0 Å². The van der Waals surface area contributed by atoms with Crippen LogP contribution >= 0.6 is 11.6 Å². The van der Waals surface area contributed by atoms with Gasteiger partial charge < -0.3 is 4.98 Å². The molecule has 1 fully saturated rings. The summed E-state index contributed by atoms with van der Waals surface area (Å²) >= 11 is 6.02. The average molecular weight is 235 g/mol. The van der Waals surface area contributed by atoms with Crippen LogP contribution in [0.4, 0.5) is 8.78 Å². The normalized spacial score (nSPS) is 26.7. The second-order valence-electron chi connectivity index (χ2n) is 4.02. The van der Waals surface area contributed by atoms with Gasteiger partial charge in [0.05, 0.1) is 0 Å². The van der Waals surface area contributed by atoms with Gasteiger partial charge in [0.15, 0.2) is 0 Å². The van der Waals surface area contributed by atoms with Crippen LogP contribution in [0.2, 0.25) is 0 Å². The molecule has 1 aliphatic rings. The summed E-state index contributed by atoms with van der Waals surface area (Å²) in [5, 5.41) is -0.534. The van der Waals surface area contributed by atoms with Gasteiger partial charge in [-0.2, -0.15) is 0 Å². The van der Waals surface area contributed by atoms with Gasteiger partial charge in [-0.25, -0.2) is 13.8 Å². The number of aromatic amines is 1. The van der Waals surface area contributed by atoms with E-state index in [1.165, 1.54) is 0 Å². The third-order valence-electron chi connectivity index (χ3n) is 2.95. The second-order valence-corrected chi connectivity index (χ2v) is 4.58. The van der Waals surface area contributed by atoms with Crippen LogP contribution in [0.15, 0.2) is 12.4 Å². The van der Waals surface area contributed by atoms with Gasteiger partial charge in [-0.3, -0.25) is 0 Å². The molecule has 0 radical (unpaired) electrons. The number of H-pyrrole nitrogens is 1. The van der Waals surface area contributed by atoms with Crippen molar-refractivity contribution in [2.24, 2.45) is 5.92 Å². The minimum atomic E-state index is -2.60. The molecule has 15 heavy (non-hydrogen) atoms. The Balaban J connectivity index is 1.99. The highest BCUT2D eigenvalue weighted by Gasteiger charge is 2.47. The summed E-state index contributed by atoms with van der Waals surface area (Å²) in [4.78, 5) is 6.87. The molecule has 84 valence electrons. The number of rotatable bonds is 3. The number of halogens is 3. The van der Waals surface area contributed by atoms with Crippen molar-refractivity contribution in [2.45, 2.75) is 37.0 Å². The molecule has 2 rings (SSSR count). The predicted octanol–water partition coefficient (Wildman–Crippen LogP) is 3.00. The van der Waals surface area contributed by atoms with E-state index in [1.54, 1.807) is 12.4 Å². The van der Waals surface area contributed by atoms with Crippen LogP contribution in [-0.4, -0.2) is 21.3 Å². The third kappa shape index (κ3) is 2.30. The zero-order chi connectivity index (χ0) is 10.9. The molecule has 0 aromatic carbocycles. The summed E-state index contributed by atoms with van der Waals surface area (Å²) in [5.74, 6) is -2.62. The monoisotopic (exact) mass is 234 g/mol. The Kier molecular flexibility index (Phi) is 2.96. The fourth-order valence-electron chi connectivity index (χ4n) is 2.14. The number of nitrogens with one attached hydrogen (secondary N) is 1. The molecule has 2 nitrogen and oxygen atoms in total. The maximum Gasteiger partial charge on any atom is 0.252 e. The van der Waals surface area contributed by atoms with Crippen LogP contribution in [0.25, 0.3) is 0 Å². The van der Waals surface area contributed by atoms with Crippen molar-refractivity contribution < 1.29 is 8.78 Å². The summed E-state index contributed by atoms with van der Waals surface area (Å²) in [6, 6.07) is 0. The van der Waals surface area contributed by atoms with Crippen molar-refractivity contribution in [1.82, 2.24) is 9.97 Å². The Bertz CT molecular complexity index is 313. The smallest absolute Gasteiger partial charge is 0.252 e. The van der Waals surface area contributed by atoms with E-state index in [0.29, 0.717) is 25.1 Å². The molecule has 1 aromatic rings. The first-order chi connectivity index (χ1) is 7.09. The number of imidazole rings is 1. The Hall–Kier alpha value is -0.640. The highest BCUT2D eigenvalue weighted by molar-refractivity contribution is 6.21. The summed E-state index contributed by atoms with van der Waals surface area (Å²) in [6.45, 7) is 0. The molecule has 0 bridgehead atoms. The highest BCUT2D eigenvalue weighted by Crippen LogP contribution is 2.44. The fraction of sp³-hybridized carbons (Fsp3) is 0.700. The van der Waals surface area contributed by atoms with Gasteiger partial charge in [0, 0.05) is 36.5 Å². The quantitative estimate of drug-likeness (QED) is 0.801. The van der Waals surface area contributed by atoms with Gasteiger partial charge in [0.1, 0.15) is 5.82 Å². The predicted molar refractivity (Wildman–Crippen MR) is 54.2 cm³/mol. The summed E-state index contributed by atoms with van der Waals surface area (Å²) in [5.41, 5.74) is 0. The topological polar surface area (TPSA) is 28.7 Å². The molecule has 2 unspecified atom stereocenters. The average Bonchev–Trinajstić information content (AvgIpc) is 2.73. The molecule has 0 aliphatic heterocycles. The van der Waals surface area contributed by atoms with Gasteiger partial charge in [-0.05, 0) is 12.8 Å². The molecule has 0 amide bonds. The Labute approximate surface area is 92.0 Å². The van der Waals surface area contributed by atoms with Gasteiger partial charge in [-0.15, -0.1) is 11.6 Å². The molecule has 1 heterocycles. The molecule has 1 aromatic heterocycles. The lowest BCUT2D eigenvalue weighted by Crippen LogP contribution is -2.31. The van der Waals surface area contributed by atoms with E-state index < -0.39 is 17.2 Å². The van der Waals surface area contributed by atoms with Crippen LogP contribution in [0.1, 0.15) is 25.1 Å². The van der Waals surface area contributed by atoms with Crippen molar-refractivity contribution >= 4 is 11.6 Å². The van der Waals surface area contributed by atoms with Gasteiger partial charge in [-0.1, -0.05) is 0 Å². The maximum atomic E-state index is 13.4. The molecule has 5 heteroatoms. The van der Waals surface area contributed by atoms with Gasteiger partial charge in [0.25, 0.3) is 5.92 Å². The van der Waals surface area contributed by atoms with E-state index in [2.05, 4.69) is 9.97 Å². The number of hydrogen-bond donors (Lipinski definition) is 1. The summed E-state index contributed by atoms with van der Waals surface area (Å²) in [6.07, 6.45) is 4.71. The molecule has 2 atom stereocenters. The van der Waals surface area contributed by atoms with Crippen LogP contribution in [0, 0.1) is 5.92 Å². The first-order valence-electron chi connectivity index (χ1n) is 5.10. The van der Waals surface area contributed by atoms with Crippen LogP contribution in [-0.2, 0) is 6.42 Å². The maximum absolute atomic E-state index is 13.4. The number of aromatic nitrogens is 2. The minimum Gasteiger partial charge on any atom is -0.349 e. The van der Waals surface area contributed by atoms with Gasteiger partial charge in [0.2, 0.25) is 0 Å². The zero-order valence-electron chi connectivity index (χ0n) is 8.22. The van der Waals surface area contributed by atoms with E-state index in [0.717, 1.165) is 0 Å². The van der Waals surface area contributed by atoms with Crippen molar-refractivity contribution in [3.63, 3.8) is 0 Å². The second kappa shape index (κ2) is 4.08. The molecule has 0 spiro atoms. The molecular weight excluding hydrogens is 222 g/mol. The largest absolute Gasteiger partial charge is 0.349 e. The van der Waals surface area contributed by atoms with Crippen LogP contribution in [0.3, 0.4) is 0 Å². The number of alkyl halides is 3. The molecule has 1 aliphatic carbocycles. The molecule has 0 saturated heterocycles. The number of hydrogen-bond acceptors (Lipinski definition) is 1. The standard InChI is InChI=1S/C10H13ClF2N2/c11-8(6-9-14-4-5-15-9)7-2-1-3-10(7,12)13/h4-5,7-8H,1-3,6H2,(H,14,15). The third-order valence-corrected chi connectivity index (χ3v) is 3.41. The van der Waals surface area contributed by atoms with Crippen molar-refractivity contribution in [2.75, 3.05) is 0 Å². The van der Waals surface area contributed by atoms with E-state index in [4.69, 9.17) is 11.6 Å². The Morgan fingerprint density at radius 3 is 3.00 bits per heavy atom. The van der Waals surface area contributed by atoms with Crippen molar-refractivity contribution in [3.8, 4) is 0 Å². The number of nitrogens with zero attached hydrogens (tertiary/aromatic N) is 1. The lowest BCUT2D eigenvalue weighted by Gasteiger charge is -2.23. The zero-order valence-corrected chi connectivity index (χ0v) is 8.97. The fourth-order valence-corrected chi connectivity index (χ4v) is 2.59. The molecule has 1 N–H and O–H groups in total. The molecule has 1 saturated carbocycles. The first-order valence-corrected chi connectivity index (χ1v) is 5.53. The lowest BCUT2D eigenvalue weighted by molar-refractivity contribution is -0.0378. The van der Waals surface area contributed by atoms with E-state index in [1.807, 2.05) is 0 Å². The van der Waals surface area contributed by atoms with Crippen molar-refractivity contribution in [3.05, 3.63) is 18.2 Å². The van der Waals surface area contributed by atoms with Crippen LogP contribution in [0.5, 0.6) is 0 Å². The first kappa shape index (κ1) is 10.9. The SMILES string of the molecule is FC1(F)CCCC1C(Cl)Cc1ncc[nH]1. The van der Waals surface area contributed by atoms with E-state index in [-0.39, 0.29) is 6.42 Å². The lowest BCUT2D eigenvalue weighted by atomic mass is 9.98. The van der Waals surface area contributed by atoms with Crippen LogP contribution < -0.4 is 0 Å². The molecular formula is C10H13ClF2N2. The highest BCUT2D eigenvalue weighted by atomic mass is 35.5. The summed E-state index contributed by atoms with van der Waals surface area (Å²) in [7, 11) is 0. The minimum absolute atomic E-state index is 0.0287.